The lowest BCUT2D eigenvalue weighted by Gasteiger charge is -2.20. The molecule has 0 aromatic heterocycles. The van der Waals surface area contributed by atoms with Gasteiger partial charge in [0.15, 0.2) is 0 Å². The molecule has 34 heavy (non-hydrogen) atoms. The first-order valence-electron chi connectivity index (χ1n) is 11.1. The molecular weight excluding hydrogens is 450 g/mol. The fraction of sp³-hybridized carbons (Fsp3) is 0.231. The SMILES string of the molecule is CC(=O)N1CCc2cc(S(=O)(=O)N[C@@H](Cc3ccccc3)C(=O)Nc3ccc(C)cc3)ccc21. The molecule has 7 nitrogen and oxygen atoms in total. The molecule has 1 heterocycles. The van der Waals surface area contributed by atoms with Gasteiger partial charge in [-0.1, -0.05) is 48.0 Å². The number of carbonyl (C=O) groups excluding carboxylic acids is 2. The standard InChI is InChI=1S/C26H27N3O4S/c1-18-8-10-22(11-9-18)27-26(31)24(16-20-6-4-3-5-7-20)28-34(32,33)23-12-13-25-21(17-23)14-15-29(25)19(2)30/h3-13,17,24,28H,14-16H2,1-2H3,(H,27,31)/t24-/m0/s1. The van der Waals surface area contributed by atoms with E-state index in [1.165, 1.54) is 13.0 Å². The second-order valence-electron chi connectivity index (χ2n) is 8.43. The largest absolute Gasteiger partial charge is 0.325 e. The summed E-state index contributed by atoms with van der Waals surface area (Å²) >= 11 is 0. The lowest BCUT2D eigenvalue weighted by molar-refractivity contribution is -0.118. The van der Waals surface area contributed by atoms with Crippen molar-refractivity contribution in [2.45, 2.75) is 37.6 Å². The van der Waals surface area contributed by atoms with Crippen LogP contribution in [0.4, 0.5) is 11.4 Å². The summed E-state index contributed by atoms with van der Waals surface area (Å²) in [5.41, 5.74) is 4.00. The number of fused-ring (bicyclic) bond motifs is 1. The minimum atomic E-state index is -4.00. The zero-order chi connectivity index (χ0) is 24.3. The topological polar surface area (TPSA) is 95.6 Å². The van der Waals surface area contributed by atoms with Gasteiger partial charge in [0, 0.05) is 24.8 Å². The van der Waals surface area contributed by atoms with E-state index in [9.17, 15) is 18.0 Å². The maximum Gasteiger partial charge on any atom is 0.242 e. The number of nitrogens with zero attached hydrogens (tertiary/aromatic N) is 1. The number of hydrogen-bond donors (Lipinski definition) is 2. The second kappa shape index (κ2) is 9.79. The zero-order valence-corrected chi connectivity index (χ0v) is 19.9. The average molecular weight is 478 g/mol. The van der Waals surface area contributed by atoms with Gasteiger partial charge in [-0.15, -0.1) is 0 Å². The van der Waals surface area contributed by atoms with Crippen molar-refractivity contribution in [2.75, 3.05) is 16.8 Å². The minimum Gasteiger partial charge on any atom is -0.325 e. The number of anilines is 2. The molecule has 1 atom stereocenters. The van der Waals surface area contributed by atoms with Crippen LogP contribution in [0.25, 0.3) is 0 Å². The summed E-state index contributed by atoms with van der Waals surface area (Å²) in [4.78, 5) is 26.6. The van der Waals surface area contributed by atoms with Crippen LogP contribution in [0, 0.1) is 6.92 Å². The molecule has 176 valence electrons. The summed E-state index contributed by atoms with van der Waals surface area (Å²) in [7, 11) is -4.00. The van der Waals surface area contributed by atoms with Crippen LogP contribution >= 0.6 is 0 Å². The third kappa shape index (κ3) is 5.35. The summed E-state index contributed by atoms with van der Waals surface area (Å²) in [5.74, 6) is -0.525. The fourth-order valence-corrected chi connectivity index (χ4v) is 5.28. The van der Waals surface area contributed by atoms with Crippen LogP contribution in [0.5, 0.6) is 0 Å². The van der Waals surface area contributed by atoms with E-state index in [4.69, 9.17) is 0 Å². The van der Waals surface area contributed by atoms with Crippen LogP contribution in [0.3, 0.4) is 0 Å². The van der Waals surface area contributed by atoms with E-state index < -0.39 is 22.0 Å². The molecule has 3 aromatic rings. The maximum atomic E-state index is 13.3. The molecule has 8 heteroatoms. The Morgan fingerprint density at radius 2 is 1.71 bits per heavy atom. The summed E-state index contributed by atoms with van der Waals surface area (Å²) < 4.78 is 29.2. The Balaban J connectivity index is 1.59. The summed E-state index contributed by atoms with van der Waals surface area (Å²) in [6.45, 7) is 3.96. The van der Waals surface area contributed by atoms with E-state index in [0.29, 0.717) is 18.7 Å². The Hall–Kier alpha value is -3.49. The monoisotopic (exact) mass is 477 g/mol. The highest BCUT2D eigenvalue weighted by Gasteiger charge is 2.29. The first kappa shape index (κ1) is 23.7. The van der Waals surface area contributed by atoms with Gasteiger partial charge in [-0.05, 0) is 61.2 Å². The first-order valence-corrected chi connectivity index (χ1v) is 12.6. The van der Waals surface area contributed by atoms with Gasteiger partial charge in [0.25, 0.3) is 0 Å². The van der Waals surface area contributed by atoms with Crippen molar-refractivity contribution in [1.29, 1.82) is 0 Å². The van der Waals surface area contributed by atoms with Crippen LogP contribution in [0.1, 0.15) is 23.6 Å². The lowest BCUT2D eigenvalue weighted by Crippen LogP contribution is -2.45. The molecule has 0 radical (unpaired) electrons. The van der Waals surface area contributed by atoms with Crippen LogP contribution in [0.15, 0.2) is 77.7 Å². The van der Waals surface area contributed by atoms with E-state index in [0.717, 1.165) is 22.4 Å². The van der Waals surface area contributed by atoms with Crippen molar-refractivity contribution in [3.63, 3.8) is 0 Å². The van der Waals surface area contributed by atoms with Gasteiger partial charge in [-0.3, -0.25) is 9.59 Å². The van der Waals surface area contributed by atoms with Crippen molar-refractivity contribution < 1.29 is 18.0 Å². The van der Waals surface area contributed by atoms with Crippen LogP contribution in [-0.4, -0.2) is 32.8 Å². The van der Waals surface area contributed by atoms with Crippen LogP contribution < -0.4 is 14.9 Å². The van der Waals surface area contributed by atoms with Crippen LogP contribution in [0.2, 0.25) is 0 Å². The molecule has 1 aliphatic rings. The highest BCUT2D eigenvalue weighted by Crippen LogP contribution is 2.30. The Kier molecular flexibility index (Phi) is 6.81. The van der Waals surface area contributed by atoms with Gasteiger partial charge in [-0.2, -0.15) is 4.72 Å². The molecule has 0 saturated heterocycles. The molecule has 3 aromatic carbocycles. The first-order chi connectivity index (χ1) is 16.2. The summed E-state index contributed by atoms with van der Waals surface area (Å²) in [6.07, 6.45) is 0.778. The van der Waals surface area contributed by atoms with Gasteiger partial charge in [0.2, 0.25) is 21.8 Å². The fourth-order valence-electron chi connectivity index (χ4n) is 4.03. The lowest BCUT2D eigenvalue weighted by atomic mass is 10.1. The number of amides is 2. The third-order valence-electron chi connectivity index (χ3n) is 5.85. The molecule has 0 unspecified atom stereocenters. The predicted octanol–water partition coefficient (Wildman–Crippen LogP) is 3.43. The van der Waals surface area contributed by atoms with Crippen molar-refractivity contribution >= 4 is 33.2 Å². The molecule has 0 saturated carbocycles. The minimum absolute atomic E-state index is 0.0675. The highest BCUT2D eigenvalue weighted by atomic mass is 32.2. The number of sulfonamides is 1. The van der Waals surface area contributed by atoms with Gasteiger partial charge in [-0.25, -0.2) is 8.42 Å². The molecule has 2 N–H and O–H groups in total. The second-order valence-corrected chi connectivity index (χ2v) is 10.1. The average Bonchev–Trinajstić information content (AvgIpc) is 3.24. The molecular formula is C26H27N3O4S. The van der Waals surface area contributed by atoms with E-state index in [2.05, 4.69) is 10.0 Å². The zero-order valence-electron chi connectivity index (χ0n) is 19.1. The van der Waals surface area contributed by atoms with E-state index in [-0.39, 0.29) is 17.2 Å². The Bertz CT molecular complexity index is 1310. The number of nitrogens with one attached hydrogen (secondary N) is 2. The van der Waals surface area contributed by atoms with Crippen LogP contribution in [-0.2, 0) is 32.5 Å². The number of hydrogen-bond acceptors (Lipinski definition) is 4. The molecule has 0 bridgehead atoms. The maximum absolute atomic E-state index is 13.3. The number of benzene rings is 3. The molecule has 0 aliphatic carbocycles. The third-order valence-corrected chi connectivity index (χ3v) is 7.32. The molecule has 2 amide bonds. The molecule has 0 spiro atoms. The predicted molar refractivity (Wildman–Crippen MR) is 132 cm³/mol. The molecule has 4 rings (SSSR count). The number of rotatable bonds is 7. The Morgan fingerprint density at radius 1 is 1.00 bits per heavy atom. The van der Waals surface area contributed by atoms with Gasteiger partial charge >= 0.3 is 0 Å². The van der Waals surface area contributed by atoms with E-state index in [1.807, 2.05) is 49.4 Å². The Labute approximate surface area is 199 Å². The Morgan fingerprint density at radius 3 is 2.38 bits per heavy atom. The van der Waals surface area contributed by atoms with Crippen molar-refractivity contribution in [1.82, 2.24) is 4.72 Å². The van der Waals surface area contributed by atoms with Gasteiger partial charge in [0.1, 0.15) is 6.04 Å². The number of carbonyl (C=O) groups is 2. The van der Waals surface area contributed by atoms with Crippen molar-refractivity contribution in [2.24, 2.45) is 0 Å². The van der Waals surface area contributed by atoms with Gasteiger partial charge < -0.3 is 10.2 Å². The normalized spacial score (nSPS) is 13.9. The quantitative estimate of drug-likeness (QED) is 0.545. The molecule has 0 fully saturated rings. The highest BCUT2D eigenvalue weighted by molar-refractivity contribution is 7.89. The summed E-state index contributed by atoms with van der Waals surface area (Å²) in [5, 5.41) is 2.81. The molecule has 1 aliphatic heterocycles. The van der Waals surface area contributed by atoms with Gasteiger partial charge in [0.05, 0.1) is 4.90 Å². The summed E-state index contributed by atoms with van der Waals surface area (Å²) in [6, 6.07) is 20.3. The van der Waals surface area contributed by atoms with Crippen molar-refractivity contribution in [3.05, 3.63) is 89.5 Å². The van der Waals surface area contributed by atoms with Crippen molar-refractivity contribution in [3.8, 4) is 0 Å². The van der Waals surface area contributed by atoms with E-state index in [1.54, 1.807) is 29.2 Å². The smallest absolute Gasteiger partial charge is 0.242 e. The van der Waals surface area contributed by atoms with E-state index >= 15 is 0 Å². The number of aryl methyl sites for hydroxylation is 1.